The predicted molar refractivity (Wildman–Crippen MR) is 40.7 cm³/mol. The van der Waals surface area contributed by atoms with Crippen LogP contribution in [-0.4, -0.2) is 5.11 Å². The van der Waals surface area contributed by atoms with E-state index in [1.54, 1.807) is 0 Å². The molecule has 0 atom stereocenters. The van der Waals surface area contributed by atoms with Crippen LogP contribution in [0.3, 0.4) is 0 Å². The van der Waals surface area contributed by atoms with Crippen LogP contribution in [0.15, 0.2) is 10.5 Å². The number of halogens is 4. The Morgan fingerprint density at radius 2 is 2.00 bits per heavy atom. The molecule has 60 valence electrons. The number of rotatable bonds is 0. The van der Waals surface area contributed by atoms with Crippen molar-refractivity contribution in [2.45, 2.75) is 0 Å². The Kier molecular flexibility index (Phi) is 2.34. The third kappa shape index (κ3) is 1.46. The van der Waals surface area contributed by atoms with E-state index in [4.69, 9.17) is 16.7 Å². The Balaban J connectivity index is 3.46. The molecule has 0 bridgehead atoms. The Hall–Kier alpha value is -0.350. The van der Waals surface area contributed by atoms with E-state index in [1.807, 2.05) is 0 Å². The number of benzene rings is 1. The molecule has 0 aromatic heterocycles. The lowest BCUT2D eigenvalue weighted by Gasteiger charge is -2.00. The van der Waals surface area contributed by atoms with Crippen molar-refractivity contribution in [2.75, 3.05) is 0 Å². The van der Waals surface area contributed by atoms with Crippen LogP contribution in [0, 0.1) is 11.6 Å². The second-order valence-corrected chi connectivity index (χ2v) is 3.02. The normalized spacial score (nSPS) is 10.2. The number of hydrogen-bond donors (Lipinski definition) is 1. The third-order valence-corrected chi connectivity index (χ3v) is 2.10. The quantitative estimate of drug-likeness (QED) is 0.548. The lowest BCUT2D eigenvalue weighted by molar-refractivity contribution is 0.448. The van der Waals surface area contributed by atoms with Crippen molar-refractivity contribution < 1.29 is 13.9 Å². The van der Waals surface area contributed by atoms with Gasteiger partial charge in [0.05, 0.1) is 9.50 Å². The molecule has 0 heterocycles. The molecule has 0 aliphatic heterocycles. The molecular formula is C6H2BrClF2O. The summed E-state index contributed by atoms with van der Waals surface area (Å²) in [6.45, 7) is 0. The fourth-order valence-electron chi connectivity index (χ4n) is 0.557. The predicted octanol–water partition coefficient (Wildman–Crippen LogP) is 3.09. The van der Waals surface area contributed by atoms with Crippen molar-refractivity contribution in [3.63, 3.8) is 0 Å². The zero-order chi connectivity index (χ0) is 8.59. The van der Waals surface area contributed by atoms with Crippen LogP contribution in [0.4, 0.5) is 8.78 Å². The van der Waals surface area contributed by atoms with Gasteiger partial charge in [-0.1, -0.05) is 11.6 Å². The molecule has 5 heteroatoms. The van der Waals surface area contributed by atoms with Gasteiger partial charge in [0, 0.05) is 0 Å². The number of phenols is 1. The van der Waals surface area contributed by atoms with E-state index in [0.29, 0.717) is 6.07 Å². The van der Waals surface area contributed by atoms with Crippen LogP contribution in [-0.2, 0) is 0 Å². The van der Waals surface area contributed by atoms with Gasteiger partial charge < -0.3 is 5.11 Å². The molecule has 0 amide bonds. The van der Waals surface area contributed by atoms with E-state index in [-0.39, 0.29) is 9.50 Å². The van der Waals surface area contributed by atoms with Crippen LogP contribution in [0.5, 0.6) is 5.75 Å². The number of phenolic OH excluding ortho intramolecular Hbond substituents is 1. The summed E-state index contributed by atoms with van der Waals surface area (Å²) < 4.78 is 24.6. The average Bonchev–Trinajstić information content (AvgIpc) is 1.97. The first kappa shape index (κ1) is 8.74. The summed E-state index contributed by atoms with van der Waals surface area (Å²) >= 11 is 7.94. The van der Waals surface area contributed by atoms with Crippen LogP contribution >= 0.6 is 27.5 Å². The number of aromatic hydroxyl groups is 1. The van der Waals surface area contributed by atoms with E-state index in [2.05, 4.69) is 15.9 Å². The lowest BCUT2D eigenvalue weighted by atomic mass is 10.3. The topological polar surface area (TPSA) is 20.2 Å². The monoisotopic (exact) mass is 242 g/mol. The molecule has 11 heavy (non-hydrogen) atoms. The standard InChI is InChI=1S/C6H2BrClF2O/c7-4-5(10)3(9)1-2(8)6(4)11/h1,11H. The highest BCUT2D eigenvalue weighted by atomic mass is 79.9. The second kappa shape index (κ2) is 2.95. The summed E-state index contributed by atoms with van der Waals surface area (Å²) in [5, 5.41) is 8.70. The van der Waals surface area contributed by atoms with Gasteiger partial charge in [0.25, 0.3) is 0 Å². The van der Waals surface area contributed by atoms with E-state index < -0.39 is 17.4 Å². The van der Waals surface area contributed by atoms with Gasteiger partial charge in [0.1, 0.15) is 0 Å². The first-order valence-electron chi connectivity index (χ1n) is 2.56. The summed E-state index contributed by atoms with van der Waals surface area (Å²) in [5.74, 6) is -2.74. The maximum atomic E-state index is 12.5. The Labute approximate surface area is 74.7 Å². The van der Waals surface area contributed by atoms with Gasteiger partial charge in [-0.25, -0.2) is 8.78 Å². The largest absolute Gasteiger partial charge is 0.505 e. The molecule has 0 saturated heterocycles. The van der Waals surface area contributed by atoms with Crippen molar-refractivity contribution in [1.29, 1.82) is 0 Å². The fourth-order valence-corrected chi connectivity index (χ4v) is 1.26. The summed E-state index contributed by atoms with van der Waals surface area (Å²) in [6.07, 6.45) is 0. The van der Waals surface area contributed by atoms with Gasteiger partial charge in [-0.2, -0.15) is 0 Å². The minimum Gasteiger partial charge on any atom is -0.505 e. The minimum absolute atomic E-state index is 0.226. The number of hydrogen-bond acceptors (Lipinski definition) is 1. The van der Waals surface area contributed by atoms with Crippen LogP contribution < -0.4 is 0 Å². The average molecular weight is 243 g/mol. The third-order valence-electron chi connectivity index (χ3n) is 1.09. The molecule has 0 radical (unpaired) electrons. The van der Waals surface area contributed by atoms with Crippen molar-refractivity contribution in [3.8, 4) is 5.75 Å². The molecule has 1 rings (SSSR count). The van der Waals surface area contributed by atoms with Gasteiger partial charge in [-0.15, -0.1) is 0 Å². The van der Waals surface area contributed by atoms with E-state index in [9.17, 15) is 8.78 Å². The molecule has 0 aliphatic rings. The highest BCUT2D eigenvalue weighted by molar-refractivity contribution is 9.10. The van der Waals surface area contributed by atoms with Gasteiger partial charge >= 0.3 is 0 Å². The van der Waals surface area contributed by atoms with Crippen LogP contribution in [0.25, 0.3) is 0 Å². The Morgan fingerprint density at radius 1 is 1.45 bits per heavy atom. The minimum atomic E-state index is -1.15. The van der Waals surface area contributed by atoms with Gasteiger partial charge in [0.2, 0.25) is 0 Å². The summed E-state index contributed by atoms with van der Waals surface area (Å²) in [5.41, 5.74) is 0. The fraction of sp³-hybridized carbons (Fsp3) is 0. The summed E-state index contributed by atoms with van der Waals surface area (Å²) in [6, 6.07) is 0.705. The van der Waals surface area contributed by atoms with E-state index in [1.165, 1.54) is 0 Å². The maximum absolute atomic E-state index is 12.5. The zero-order valence-electron chi connectivity index (χ0n) is 5.04. The van der Waals surface area contributed by atoms with Crippen LogP contribution in [0.1, 0.15) is 0 Å². The Morgan fingerprint density at radius 3 is 2.55 bits per heavy atom. The molecular weight excluding hydrogens is 241 g/mol. The van der Waals surface area contributed by atoms with Gasteiger partial charge in [-0.3, -0.25) is 0 Å². The van der Waals surface area contributed by atoms with Crippen LogP contribution in [0.2, 0.25) is 5.02 Å². The van der Waals surface area contributed by atoms with Gasteiger partial charge in [0.15, 0.2) is 17.4 Å². The van der Waals surface area contributed by atoms with Crippen molar-refractivity contribution in [1.82, 2.24) is 0 Å². The molecule has 1 nitrogen and oxygen atoms in total. The SMILES string of the molecule is Oc1c(Cl)cc(F)c(F)c1Br. The molecule has 1 aromatic carbocycles. The van der Waals surface area contributed by atoms with Gasteiger partial charge in [-0.05, 0) is 22.0 Å². The maximum Gasteiger partial charge on any atom is 0.176 e. The van der Waals surface area contributed by atoms with E-state index >= 15 is 0 Å². The summed E-state index contributed by atoms with van der Waals surface area (Å²) in [7, 11) is 0. The highest BCUT2D eigenvalue weighted by Crippen LogP contribution is 2.35. The Bertz CT molecular complexity index is 277. The highest BCUT2D eigenvalue weighted by Gasteiger charge is 2.14. The molecule has 0 fully saturated rings. The first-order valence-corrected chi connectivity index (χ1v) is 3.73. The first-order chi connectivity index (χ1) is 5.04. The van der Waals surface area contributed by atoms with Crippen molar-refractivity contribution in [2.24, 2.45) is 0 Å². The molecule has 0 spiro atoms. The smallest absolute Gasteiger partial charge is 0.176 e. The van der Waals surface area contributed by atoms with E-state index in [0.717, 1.165) is 0 Å². The molecule has 0 unspecified atom stereocenters. The summed E-state index contributed by atoms with van der Waals surface area (Å²) in [4.78, 5) is 0. The second-order valence-electron chi connectivity index (χ2n) is 1.82. The molecule has 1 N–H and O–H groups in total. The molecule has 1 aromatic rings. The molecule has 0 saturated carbocycles. The lowest BCUT2D eigenvalue weighted by Crippen LogP contribution is -1.86. The van der Waals surface area contributed by atoms with Crippen molar-refractivity contribution >= 4 is 27.5 Å². The zero-order valence-corrected chi connectivity index (χ0v) is 7.38. The molecule has 0 aliphatic carbocycles. The van der Waals surface area contributed by atoms with Crippen molar-refractivity contribution in [3.05, 3.63) is 27.2 Å².